The largest absolute Gasteiger partial charge is 0.352 e. The number of nitrogens with zero attached hydrogens (tertiary/aromatic N) is 3. The number of anilines is 3. The molecule has 4 aliphatic rings. The van der Waals surface area contributed by atoms with Crippen molar-refractivity contribution in [2.45, 2.75) is 50.9 Å². The van der Waals surface area contributed by atoms with E-state index in [9.17, 15) is 0 Å². The van der Waals surface area contributed by atoms with Crippen molar-refractivity contribution < 1.29 is 0 Å². The number of fused-ring (bicyclic) bond motifs is 3. The molecule has 132 valence electrons. The van der Waals surface area contributed by atoms with Crippen LogP contribution in [0.2, 0.25) is 0 Å². The molecule has 3 nitrogen and oxygen atoms in total. The van der Waals surface area contributed by atoms with E-state index in [4.69, 9.17) is 5.26 Å². The van der Waals surface area contributed by atoms with E-state index >= 15 is 0 Å². The van der Waals surface area contributed by atoms with Gasteiger partial charge in [0.2, 0.25) is 0 Å². The van der Waals surface area contributed by atoms with E-state index in [1.807, 2.05) is 12.1 Å². The van der Waals surface area contributed by atoms with Crippen molar-refractivity contribution in [2.75, 3.05) is 23.0 Å². The third-order valence-corrected chi connectivity index (χ3v) is 6.53. The Morgan fingerprint density at radius 1 is 0.962 bits per heavy atom. The maximum Gasteiger partial charge on any atom is 0.0991 e. The van der Waals surface area contributed by atoms with Gasteiger partial charge in [0.25, 0.3) is 0 Å². The molecule has 0 radical (unpaired) electrons. The Bertz CT molecular complexity index is 870. The smallest absolute Gasteiger partial charge is 0.0991 e. The maximum atomic E-state index is 9.08. The number of hydrogen-bond donors (Lipinski definition) is 0. The highest BCUT2D eigenvalue weighted by Gasteiger charge is 2.36. The maximum absolute atomic E-state index is 9.08. The highest BCUT2D eigenvalue weighted by molar-refractivity contribution is 5.84. The van der Waals surface area contributed by atoms with Crippen molar-refractivity contribution in [1.29, 1.82) is 5.26 Å². The van der Waals surface area contributed by atoms with Crippen molar-refractivity contribution >= 4 is 17.1 Å². The quantitative estimate of drug-likeness (QED) is 0.722. The first-order chi connectivity index (χ1) is 12.8. The summed E-state index contributed by atoms with van der Waals surface area (Å²) in [5.74, 6) is 1.55. The fourth-order valence-electron chi connectivity index (χ4n) is 5.22. The lowest BCUT2D eigenvalue weighted by Crippen LogP contribution is -2.28. The number of nitriles is 1. The predicted octanol–water partition coefficient (Wildman–Crippen LogP) is 5.64. The number of benzene rings is 2. The zero-order valence-electron chi connectivity index (χ0n) is 15.4. The van der Waals surface area contributed by atoms with Crippen LogP contribution in [0.3, 0.4) is 0 Å². The van der Waals surface area contributed by atoms with Crippen molar-refractivity contribution in [3.8, 4) is 6.07 Å². The molecule has 3 heteroatoms. The Balaban J connectivity index is 1.60. The molecule has 0 spiro atoms. The Morgan fingerprint density at radius 2 is 1.58 bits per heavy atom. The molecule has 6 rings (SSSR count). The van der Waals surface area contributed by atoms with Crippen LogP contribution in [0, 0.1) is 11.3 Å². The predicted molar refractivity (Wildman–Crippen MR) is 106 cm³/mol. The highest BCUT2D eigenvalue weighted by Crippen LogP contribution is 2.53. The Kier molecular flexibility index (Phi) is 3.67. The van der Waals surface area contributed by atoms with Gasteiger partial charge in [-0.1, -0.05) is 6.92 Å². The van der Waals surface area contributed by atoms with Crippen LogP contribution in [0.5, 0.6) is 0 Å². The minimum Gasteiger partial charge on any atom is -0.352 e. The summed E-state index contributed by atoms with van der Waals surface area (Å²) >= 11 is 0. The van der Waals surface area contributed by atoms with Crippen LogP contribution in [0.4, 0.5) is 17.1 Å². The SMILES string of the molecule is CCCN1CN(c2ccc(C#N)cc2)c2cc3c(cc21)C1CCC3CC1. The van der Waals surface area contributed by atoms with Crippen LogP contribution in [0.15, 0.2) is 36.4 Å². The molecular formula is C23H25N3. The average Bonchev–Trinajstić information content (AvgIpc) is 3.06. The lowest BCUT2D eigenvalue weighted by molar-refractivity contribution is 0.359. The van der Waals surface area contributed by atoms with Gasteiger partial charge in [0.15, 0.2) is 0 Å². The van der Waals surface area contributed by atoms with Gasteiger partial charge in [0.05, 0.1) is 29.7 Å². The normalized spacial score (nSPS) is 22.9. The molecule has 0 atom stereocenters. The van der Waals surface area contributed by atoms with Crippen LogP contribution < -0.4 is 9.80 Å². The lowest BCUT2D eigenvalue weighted by atomic mass is 9.67. The summed E-state index contributed by atoms with van der Waals surface area (Å²) in [5, 5.41) is 9.08. The van der Waals surface area contributed by atoms with E-state index in [1.54, 1.807) is 11.1 Å². The zero-order chi connectivity index (χ0) is 17.7. The van der Waals surface area contributed by atoms with Gasteiger partial charge >= 0.3 is 0 Å². The molecule has 26 heavy (non-hydrogen) atoms. The zero-order valence-corrected chi connectivity index (χ0v) is 15.4. The standard InChI is InChI=1S/C23H25N3/c1-2-11-25-15-26(19-9-3-16(14-24)4-10-19)23-13-21-18-7-5-17(6-8-18)20(21)12-22(23)25/h3-4,9-10,12-13,17-18H,2,5-8,11,15H2,1H3. The molecule has 3 aliphatic carbocycles. The lowest BCUT2D eigenvalue weighted by Gasteiger charge is -2.39. The summed E-state index contributed by atoms with van der Waals surface area (Å²) in [6.45, 7) is 4.25. The molecule has 1 heterocycles. The Labute approximate surface area is 155 Å². The fourth-order valence-corrected chi connectivity index (χ4v) is 5.22. The first kappa shape index (κ1) is 15.8. The second-order valence-electron chi connectivity index (χ2n) is 8.01. The summed E-state index contributed by atoms with van der Waals surface area (Å²) in [7, 11) is 0. The average molecular weight is 343 g/mol. The summed E-state index contributed by atoms with van der Waals surface area (Å²) in [4.78, 5) is 4.95. The highest BCUT2D eigenvalue weighted by atomic mass is 15.4. The Morgan fingerprint density at radius 3 is 2.15 bits per heavy atom. The van der Waals surface area contributed by atoms with Gasteiger partial charge < -0.3 is 9.80 Å². The van der Waals surface area contributed by atoms with Gasteiger partial charge in [0, 0.05) is 12.2 Å². The van der Waals surface area contributed by atoms with Gasteiger partial charge in [-0.25, -0.2) is 0 Å². The molecule has 0 saturated heterocycles. The van der Waals surface area contributed by atoms with Gasteiger partial charge in [0.1, 0.15) is 0 Å². The van der Waals surface area contributed by atoms with Crippen LogP contribution in [0.25, 0.3) is 0 Å². The number of hydrogen-bond acceptors (Lipinski definition) is 3. The second-order valence-corrected chi connectivity index (χ2v) is 8.01. The molecule has 1 fully saturated rings. The van der Waals surface area contributed by atoms with E-state index in [1.165, 1.54) is 42.7 Å². The van der Waals surface area contributed by atoms with Gasteiger partial charge in [-0.15, -0.1) is 0 Å². The molecule has 1 saturated carbocycles. The molecule has 0 aromatic heterocycles. The van der Waals surface area contributed by atoms with E-state index < -0.39 is 0 Å². The molecule has 2 bridgehead atoms. The summed E-state index contributed by atoms with van der Waals surface area (Å²) in [5.41, 5.74) is 7.92. The first-order valence-corrected chi connectivity index (χ1v) is 9.99. The van der Waals surface area contributed by atoms with Crippen LogP contribution in [-0.4, -0.2) is 13.2 Å². The van der Waals surface area contributed by atoms with Crippen molar-refractivity contribution in [1.82, 2.24) is 0 Å². The van der Waals surface area contributed by atoms with Gasteiger partial charge in [-0.05, 0) is 91.5 Å². The van der Waals surface area contributed by atoms with Crippen LogP contribution in [0.1, 0.15) is 67.6 Å². The van der Waals surface area contributed by atoms with E-state index in [0.29, 0.717) is 0 Å². The fraction of sp³-hybridized carbons (Fsp3) is 0.435. The topological polar surface area (TPSA) is 30.3 Å². The summed E-state index contributed by atoms with van der Waals surface area (Å²) in [6, 6.07) is 15.3. The molecule has 2 aromatic carbocycles. The van der Waals surface area contributed by atoms with Crippen molar-refractivity contribution in [2.24, 2.45) is 0 Å². The minimum absolute atomic E-state index is 0.723. The monoisotopic (exact) mass is 343 g/mol. The van der Waals surface area contributed by atoms with Crippen molar-refractivity contribution in [3.63, 3.8) is 0 Å². The minimum atomic E-state index is 0.723. The number of rotatable bonds is 3. The van der Waals surface area contributed by atoms with E-state index in [0.717, 1.165) is 37.0 Å². The second kappa shape index (κ2) is 6.06. The van der Waals surface area contributed by atoms with Gasteiger partial charge in [-0.3, -0.25) is 0 Å². The summed E-state index contributed by atoms with van der Waals surface area (Å²) in [6.07, 6.45) is 6.65. The Hall–Kier alpha value is -2.47. The van der Waals surface area contributed by atoms with E-state index in [-0.39, 0.29) is 0 Å². The third-order valence-electron chi connectivity index (χ3n) is 6.53. The van der Waals surface area contributed by atoms with Crippen LogP contribution in [-0.2, 0) is 0 Å². The molecular weight excluding hydrogens is 318 g/mol. The molecule has 2 aromatic rings. The van der Waals surface area contributed by atoms with Gasteiger partial charge in [-0.2, -0.15) is 5.26 Å². The molecule has 0 N–H and O–H groups in total. The van der Waals surface area contributed by atoms with Crippen LogP contribution >= 0.6 is 0 Å². The third kappa shape index (κ3) is 2.32. The van der Waals surface area contributed by atoms with E-state index in [2.05, 4.69) is 47.1 Å². The van der Waals surface area contributed by atoms with Crippen molar-refractivity contribution in [3.05, 3.63) is 53.1 Å². The summed E-state index contributed by atoms with van der Waals surface area (Å²) < 4.78 is 0. The molecule has 0 amide bonds. The molecule has 1 aliphatic heterocycles. The first-order valence-electron chi connectivity index (χ1n) is 9.99. The molecule has 0 unspecified atom stereocenters.